The highest BCUT2D eigenvalue weighted by molar-refractivity contribution is 5.36. The Kier molecular flexibility index (Phi) is 2.55. The van der Waals surface area contributed by atoms with Crippen molar-refractivity contribution in [3.63, 3.8) is 0 Å². The highest BCUT2D eigenvalue weighted by atomic mass is 14.1. The molecular formula is C12H14. The molecule has 1 aromatic rings. The first kappa shape index (κ1) is 8.87. The van der Waals surface area contributed by atoms with Gasteiger partial charge in [-0.3, -0.25) is 0 Å². The van der Waals surface area contributed by atoms with Gasteiger partial charge in [0.15, 0.2) is 0 Å². The molecule has 0 N–H and O–H groups in total. The van der Waals surface area contributed by atoms with Crippen LogP contribution in [0.25, 0.3) is 0 Å². The first-order chi connectivity index (χ1) is 5.65. The Bertz CT molecular complexity index is 315. The van der Waals surface area contributed by atoms with Gasteiger partial charge in [-0.05, 0) is 31.9 Å². The molecule has 0 aliphatic rings. The topological polar surface area (TPSA) is 0 Å². The van der Waals surface area contributed by atoms with Crippen molar-refractivity contribution >= 4 is 0 Å². The third kappa shape index (κ3) is 1.68. The summed E-state index contributed by atoms with van der Waals surface area (Å²) >= 11 is 0. The van der Waals surface area contributed by atoms with Crippen LogP contribution in [-0.2, 0) is 0 Å². The van der Waals surface area contributed by atoms with Crippen LogP contribution >= 0.6 is 0 Å². The molecule has 0 heteroatoms. The highest BCUT2D eigenvalue weighted by Crippen LogP contribution is 2.19. The lowest BCUT2D eigenvalue weighted by Crippen LogP contribution is -1.93. The van der Waals surface area contributed by atoms with Crippen molar-refractivity contribution in [3.8, 4) is 12.3 Å². The second-order valence-corrected chi connectivity index (χ2v) is 3.25. The SMILES string of the molecule is C#CC(C)c1cc(C)ccc1C. The standard InChI is InChI=1S/C12H14/c1-5-10(3)12-8-9(2)6-7-11(12)4/h1,6-8,10H,2-4H3. The largest absolute Gasteiger partial charge is 0.119 e. The molecule has 0 amide bonds. The fourth-order valence-electron chi connectivity index (χ4n) is 1.32. The maximum Gasteiger partial charge on any atom is 0.0424 e. The van der Waals surface area contributed by atoms with Crippen molar-refractivity contribution in [1.29, 1.82) is 0 Å². The smallest absolute Gasteiger partial charge is 0.0424 e. The lowest BCUT2D eigenvalue weighted by molar-refractivity contribution is 0.984. The minimum Gasteiger partial charge on any atom is -0.119 e. The summed E-state index contributed by atoms with van der Waals surface area (Å²) in [4.78, 5) is 0. The molecule has 0 spiro atoms. The highest BCUT2D eigenvalue weighted by Gasteiger charge is 2.04. The van der Waals surface area contributed by atoms with E-state index in [-0.39, 0.29) is 5.92 Å². The normalized spacial score (nSPS) is 12.2. The average molecular weight is 158 g/mol. The second-order valence-electron chi connectivity index (χ2n) is 3.25. The van der Waals surface area contributed by atoms with Gasteiger partial charge < -0.3 is 0 Å². The number of hydrogen-bond donors (Lipinski definition) is 0. The maximum atomic E-state index is 5.37. The van der Waals surface area contributed by atoms with E-state index in [1.165, 1.54) is 16.7 Å². The van der Waals surface area contributed by atoms with Gasteiger partial charge >= 0.3 is 0 Å². The van der Waals surface area contributed by atoms with E-state index >= 15 is 0 Å². The Morgan fingerprint density at radius 1 is 1.33 bits per heavy atom. The van der Waals surface area contributed by atoms with Crippen molar-refractivity contribution in [2.75, 3.05) is 0 Å². The molecule has 0 bridgehead atoms. The van der Waals surface area contributed by atoms with E-state index < -0.39 is 0 Å². The molecule has 0 saturated carbocycles. The summed E-state index contributed by atoms with van der Waals surface area (Å²) in [5, 5.41) is 0. The monoisotopic (exact) mass is 158 g/mol. The minimum atomic E-state index is 0.227. The summed E-state index contributed by atoms with van der Waals surface area (Å²) in [5.41, 5.74) is 3.83. The summed E-state index contributed by atoms with van der Waals surface area (Å²) in [6, 6.07) is 6.40. The molecule has 1 atom stereocenters. The fraction of sp³-hybridized carbons (Fsp3) is 0.333. The van der Waals surface area contributed by atoms with Gasteiger partial charge in [-0.1, -0.05) is 29.7 Å². The van der Waals surface area contributed by atoms with Crippen molar-refractivity contribution in [2.45, 2.75) is 26.7 Å². The van der Waals surface area contributed by atoms with Crippen LogP contribution in [0.5, 0.6) is 0 Å². The zero-order valence-corrected chi connectivity index (χ0v) is 7.89. The molecule has 0 aromatic heterocycles. The number of terminal acetylenes is 1. The third-order valence-corrected chi connectivity index (χ3v) is 2.15. The summed E-state index contributed by atoms with van der Waals surface area (Å²) in [7, 11) is 0. The van der Waals surface area contributed by atoms with Crippen molar-refractivity contribution in [2.24, 2.45) is 0 Å². The third-order valence-electron chi connectivity index (χ3n) is 2.15. The second kappa shape index (κ2) is 3.45. The van der Waals surface area contributed by atoms with Crippen LogP contribution < -0.4 is 0 Å². The predicted octanol–water partition coefficient (Wildman–Crippen LogP) is 3.04. The van der Waals surface area contributed by atoms with Crippen molar-refractivity contribution in [1.82, 2.24) is 0 Å². The maximum absolute atomic E-state index is 5.37. The summed E-state index contributed by atoms with van der Waals surface area (Å²) < 4.78 is 0. The molecule has 0 aliphatic heterocycles. The molecule has 1 aromatic carbocycles. The Hall–Kier alpha value is -1.22. The van der Waals surface area contributed by atoms with Gasteiger partial charge in [0, 0.05) is 5.92 Å². The first-order valence-corrected chi connectivity index (χ1v) is 4.18. The van der Waals surface area contributed by atoms with E-state index in [9.17, 15) is 0 Å². The van der Waals surface area contributed by atoms with E-state index in [1.807, 2.05) is 0 Å². The Morgan fingerprint density at radius 3 is 2.58 bits per heavy atom. The quantitative estimate of drug-likeness (QED) is 0.551. The number of hydrogen-bond acceptors (Lipinski definition) is 0. The summed E-state index contributed by atoms with van der Waals surface area (Å²) in [6.07, 6.45) is 5.37. The number of benzene rings is 1. The van der Waals surface area contributed by atoms with E-state index in [0.717, 1.165) is 0 Å². The summed E-state index contributed by atoms with van der Waals surface area (Å²) in [5.74, 6) is 2.98. The molecule has 0 fully saturated rings. The molecule has 62 valence electrons. The minimum absolute atomic E-state index is 0.227. The van der Waals surface area contributed by atoms with E-state index in [4.69, 9.17) is 6.42 Å². The van der Waals surface area contributed by atoms with Gasteiger partial charge in [0.2, 0.25) is 0 Å². The van der Waals surface area contributed by atoms with Crippen LogP contribution in [0.4, 0.5) is 0 Å². The lowest BCUT2D eigenvalue weighted by Gasteiger charge is -2.09. The van der Waals surface area contributed by atoms with Gasteiger partial charge in [-0.25, -0.2) is 0 Å². The predicted molar refractivity (Wildman–Crippen MR) is 53.2 cm³/mol. The van der Waals surface area contributed by atoms with Gasteiger partial charge in [0.25, 0.3) is 0 Å². The number of aryl methyl sites for hydroxylation is 2. The van der Waals surface area contributed by atoms with Crippen LogP contribution in [0.3, 0.4) is 0 Å². The molecule has 0 saturated heterocycles. The molecule has 0 aliphatic carbocycles. The van der Waals surface area contributed by atoms with Gasteiger partial charge in [-0.15, -0.1) is 6.42 Å². The summed E-state index contributed by atoms with van der Waals surface area (Å²) in [6.45, 7) is 6.25. The Balaban J connectivity index is 3.15. The van der Waals surface area contributed by atoms with Crippen LogP contribution in [0.2, 0.25) is 0 Å². The lowest BCUT2D eigenvalue weighted by atomic mass is 9.95. The van der Waals surface area contributed by atoms with Crippen LogP contribution in [0, 0.1) is 26.2 Å². The molecule has 0 nitrogen and oxygen atoms in total. The molecule has 0 radical (unpaired) electrons. The van der Waals surface area contributed by atoms with E-state index in [1.54, 1.807) is 0 Å². The zero-order chi connectivity index (χ0) is 9.14. The van der Waals surface area contributed by atoms with Crippen LogP contribution in [0.15, 0.2) is 18.2 Å². The van der Waals surface area contributed by atoms with Gasteiger partial charge in [0.05, 0.1) is 0 Å². The van der Waals surface area contributed by atoms with Gasteiger partial charge in [0.1, 0.15) is 0 Å². The Labute approximate surface area is 74.6 Å². The number of rotatable bonds is 1. The first-order valence-electron chi connectivity index (χ1n) is 4.18. The van der Waals surface area contributed by atoms with Crippen LogP contribution in [-0.4, -0.2) is 0 Å². The van der Waals surface area contributed by atoms with E-state index in [2.05, 4.69) is 44.9 Å². The van der Waals surface area contributed by atoms with Crippen LogP contribution in [0.1, 0.15) is 29.5 Å². The Morgan fingerprint density at radius 2 is 2.00 bits per heavy atom. The molecular weight excluding hydrogens is 144 g/mol. The zero-order valence-electron chi connectivity index (χ0n) is 7.89. The fourth-order valence-corrected chi connectivity index (χ4v) is 1.32. The average Bonchev–Trinajstić information content (AvgIpc) is 2.08. The molecule has 1 rings (SSSR count). The molecule has 1 unspecified atom stereocenters. The van der Waals surface area contributed by atoms with E-state index in [0.29, 0.717) is 0 Å². The van der Waals surface area contributed by atoms with Crippen molar-refractivity contribution < 1.29 is 0 Å². The van der Waals surface area contributed by atoms with Gasteiger partial charge in [-0.2, -0.15) is 0 Å². The molecule has 0 heterocycles. The van der Waals surface area contributed by atoms with Crippen molar-refractivity contribution in [3.05, 3.63) is 34.9 Å². The molecule has 12 heavy (non-hydrogen) atoms.